The van der Waals surface area contributed by atoms with Crippen molar-refractivity contribution in [1.82, 2.24) is 4.90 Å². The minimum Gasteiger partial charge on any atom is -0.490 e. The van der Waals surface area contributed by atoms with Crippen molar-refractivity contribution >= 4 is 35.0 Å². The zero-order valence-electron chi connectivity index (χ0n) is 18.2. The summed E-state index contributed by atoms with van der Waals surface area (Å²) in [5.41, 5.74) is 1.91. The van der Waals surface area contributed by atoms with Crippen LogP contribution >= 0.6 is 11.8 Å². The van der Waals surface area contributed by atoms with Gasteiger partial charge in [0, 0.05) is 5.56 Å². The number of rotatable bonds is 9. The number of carbonyl (C=O) groups is 3. The van der Waals surface area contributed by atoms with Gasteiger partial charge in [-0.15, -0.1) is 0 Å². The highest BCUT2D eigenvalue weighted by molar-refractivity contribution is 8.18. The molecular formula is C24H22N2O6S. The second-order valence-electron chi connectivity index (χ2n) is 6.77. The summed E-state index contributed by atoms with van der Waals surface area (Å²) in [6.07, 6.45) is 1.56. The number of thioether (sulfide) groups is 1. The molecule has 1 aliphatic heterocycles. The third-order valence-electron chi connectivity index (χ3n) is 4.55. The normalized spacial score (nSPS) is 14.3. The van der Waals surface area contributed by atoms with E-state index in [1.807, 2.05) is 19.1 Å². The predicted molar refractivity (Wildman–Crippen MR) is 122 cm³/mol. The quantitative estimate of drug-likeness (QED) is 0.401. The molecule has 0 radical (unpaired) electrons. The van der Waals surface area contributed by atoms with Crippen LogP contribution in [0.15, 0.2) is 47.4 Å². The molecule has 0 aliphatic carbocycles. The van der Waals surface area contributed by atoms with Crippen LogP contribution < -0.4 is 9.47 Å². The number of imide groups is 1. The molecule has 2 amide bonds. The highest BCUT2D eigenvalue weighted by atomic mass is 32.2. The van der Waals surface area contributed by atoms with E-state index in [9.17, 15) is 19.6 Å². The maximum atomic E-state index is 12.6. The smallest absolute Gasteiger partial charge is 0.326 e. The molecule has 0 atom stereocenters. The molecule has 1 heterocycles. The first kappa shape index (κ1) is 23.9. The van der Waals surface area contributed by atoms with Gasteiger partial charge in [-0.2, -0.15) is 5.26 Å². The zero-order valence-corrected chi connectivity index (χ0v) is 19.0. The Morgan fingerprint density at radius 3 is 2.61 bits per heavy atom. The lowest BCUT2D eigenvalue weighted by atomic mass is 10.1. The summed E-state index contributed by atoms with van der Waals surface area (Å²) in [4.78, 5) is 37.5. The maximum Gasteiger partial charge on any atom is 0.326 e. The van der Waals surface area contributed by atoms with Crippen LogP contribution in [0, 0.1) is 11.3 Å². The van der Waals surface area contributed by atoms with Gasteiger partial charge < -0.3 is 14.2 Å². The van der Waals surface area contributed by atoms with E-state index in [1.165, 1.54) is 0 Å². The SMILES string of the molecule is CCOC(=O)CN1C(=O)SC(=Cc2ccc(OCc3ccccc3C#N)c(OCC)c2)C1=O. The summed E-state index contributed by atoms with van der Waals surface area (Å²) >= 11 is 0.760. The van der Waals surface area contributed by atoms with Gasteiger partial charge in [0.15, 0.2) is 11.5 Å². The van der Waals surface area contributed by atoms with Gasteiger partial charge in [0.25, 0.3) is 11.1 Å². The number of nitriles is 1. The number of nitrogens with zero attached hydrogens (tertiary/aromatic N) is 2. The lowest BCUT2D eigenvalue weighted by Crippen LogP contribution is -2.34. The molecule has 0 spiro atoms. The molecule has 0 saturated carbocycles. The Balaban J connectivity index is 1.78. The molecule has 0 unspecified atom stereocenters. The van der Waals surface area contributed by atoms with Crippen molar-refractivity contribution in [3.8, 4) is 17.6 Å². The predicted octanol–water partition coefficient (Wildman–Crippen LogP) is 4.14. The van der Waals surface area contributed by atoms with Crippen molar-refractivity contribution in [2.45, 2.75) is 20.5 Å². The molecule has 0 N–H and O–H groups in total. The minimum absolute atomic E-state index is 0.168. The molecule has 2 aromatic carbocycles. The summed E-state index contributed by atoms with van der Waals surface area (Å²) < 4.78 is 16.4. The van der Waals surface area contributed by atoms with Crippen LogP contribution in [0.1, 0.15) is 30.5 Å². The summed E-state index contributed by atoms with van der Waals surface area (Å²) in [5, 5.41) is 8.71. The molecule has 8 nitrogen and oxygen atoms in total. The van der Waals surface area contributed by atoms with E-state index in [-0.39, 0.29) is 18.1 Å². The maximum absolute atomic E-state index is 12.6. The molecule has 170 valence electrons. The van der Waals surface area contributed by atoms with Crippen LogP contribution in [0.3, 0.4) is 0 Å². The van der Waals surface area contributed by atoms with Crippen molar-refractivity contribution in [2.75, 3.05) is 19.8 Å². The molecular weight excluding hydrogens is 444 g/mol. The summed E-state index contributed by atoms with van der Waals surface area (Å²) in [6.45, 7) is 3.82. The molecule has 33 heavy (non-hydrogen) atoms. The lowest BCUT2D eigenvalue weighted by molar-refractivity contribution is -0.145. The number of esters is 1. The highest BCUT2D eigenvalue weighted by Crippen LogP contribution is 2.35. The van der Waals surface area contributed by atoms with Crippen molar-refractivity contribution in [2.24, 2.45) is 0 Å². The third-order valence-corrected chi connectivity index (χ3v) is 5.46. The Kier molecular flexibility index (Phi) is 8.11. The van der Waals surface area contributed by atoms with Gasteiger partial charge in [-0.3, -0.25) is 19.3 Å². The summed E-state index contributed by atoms with van der Waals surface area (Å²) in [5.74, 6) is -0.243. The van der Waals surface area contributed by atoms with Crippen LogP contribution in [0.2, 0.25) is 0 Å². The summed E-state index contributed by atoms with van der Waals surface area (Å²) in [6, 6.07) is 14.4. The monoisotopic (exact) mass is 466 g/mol. The zero-order chi connectivity index (χ0) is 23.8. The summed E-state index contributed by atoms with van der Waals surface area (Å²) in [7, 11) is 0. The molecule has 2 aromatic rings. The third kappa shape index (κ3) is 5.93. The van der Waals surface area contributed by atoms with Crippen molar-refractivity contribution in [3.63, 3.8) is 0 Å². The fourth-order valence-corrected chi connectivity index (χ4v) is 3.87. The van der Waals surface area contributed by atoms with E-state index in [4.69, 9.17) is 14.2 Å². The van der Waals surface area contributed by atoms with Crippen LogP contribution in [-0.2, 0) is 20.9 Å². The average molecular weight is 467 g/mol. The number of benzene rings is 2. The van der Waals surface area contributed by atoms with Crippen LogP contribution in [0.4, 0.5) is 4.79 Å². The van der Waals surface area contributed by atoms with E-state index in [0.717, 1.165) is 22.2 Å². The Bertz CT molecular complexity index is 1140. The fourth-order valence-electron chi connectivity index (χ4n) is 3.04. The van der Waals surface area contributed by atoms with Gasteiger partial charge in [-0.05, 0) is 55.4 Å². The number of hydrogen-bond donors (Lipinski definition) is 0. The second-order valence-corrected chi connectivity index (χ2v) is 7.76. The van der Waals surface area contributed by atoms with Crippen LogP contribution in [-0.4, -0.2) is 41.8 Å². The van der Waals surface area contributed by atoms with E-state index >= 15 is 0 Å². The van der Waals surface area contributed by atoms with Crippen molar-refractivity contribution < 1.29 is 28.6 Å². The molecule has 0 aromatic heterocycles. The van der Waals surface area contributed by atoms with Gasteiger partial charge in [0.1, 0.15) is 13.2 Å². The first-order valence-corrected chi connectivity index (χ1v) is 11.1. The molecule has 9 heteroatoms. The van der Waals surface area contributed by atoms with Crippen LogP contribution in [0.5, 0.6) is 11.5 Å². The van der Waals surface area contributed by atoms with Crippen molar-refractivity contribution in [1.29, 1.82) is 5.26 Å². The lowest BCUT2D eigenvalue weighted by Gasteiger charge is -2.13. The van der Waals surface area contributed by atoms with Gasteiger partial charge in [-0.1, -0.05) is 24.3 Å². The number of hydrogen-bond acceptors (Lipinski definition) is 8. The first-order valence-electron chi connectivity index (χ1n) is 10.3. The molecule has 0 bridgehead atoms. The Labute approximate surface area is 195 Å². The second kappa shape index (κ2) is 11.2. The number of amides is 2. The van der Waals surface area contributed by atoms with Gasteiger partial charge in [0.2, 0.25) is 0 Å². The van der Waals surface area contributed by atoms with E-state index in [2.05, 4.69) is 6.07 Å². The van der Waals surface area contributed by atoms with Gasteiger partial charge in [-0.25, -0.2) is 0 Å². The van der Waals surface area contributed by atoms with Crippen LogP contribution in [0.25, 0.3) is 6.08 Å². The highest BCUT2D eigenvalue weighted by Gasteiger charge is 2.36. The van der Waals surface area contributed by atoms with E-state index in [1.54, 1.807) is 43.3 Å². The van der Waals surface area contributed by atoms with E-state index in [0.29, 0.717) is 29.2 Å². The standard InChI is InChI=1S/C24H22N2O6S/c1-3-30-20-11-16(9-10-19(20)32-15-18-8-6-5-7-17(18)13-25)12-21-23(28)26(24(29)33-21)14-22(27)31-4-2/h5-12H,3-4,14-15H2,1-2H3. The Hall–Kier alpha value is -3.77. The minimum atomic E-state index is -0.640. The Morgan fingerprint density at radius 2 is 1.88 bits per heavy atom. The molecule has 1 aliphatic rings. The van der Waals surface area contributed by atoms with Gasteiger partial charge >= 0.3 is 5.97 Å². The number of ether oxygens (including phenoxy) is 3. The first-order chi connectivity index (χ1) is 16.0. The molecule has 1 fully saturated rings. The van der Waals surface area contributed by atoms with Gasteiger partial charge in [0.05, 0.1) is 29.8 Å². The van der Waals surface area contributed by atoms with Crippen molar-refractivity contribution in [3.05, 3.63) is 64.1 Å². The molecule has 3 rings (SSSR count). The topological polar surface area (TPSA) is 106 Å². The largest absolute Gasteiger partial charge is 0.490 e. The molecule has 1 saturated heterocycles. The van der Waals surface area contributed by atoms with E-state index < -0.39 is 23.7 Å². The number of carbonyl (C=O) groups excluding carboxylic acids is 3. The average Bonchev–Trinajstić information content (AvgIpc) is 3.06. The Morgan fingerprint density at radius 1 is 1.09 bits per heavy atom. The fraction of sp³-hybridized carbons (Fsp3) is 0.250.